The summed E-state index contributed by atoms with van der Waals surface area (Å²) in [6.07, 6.45) is 3.00. The molecule has 2 aromatic rings. The molecular formula is C15H16ClN3. The highest BCUT2D eigenvalue weighted by Gasteiger charge is 2.06. The van der Waals surface area contributed by atoms with Crippen molar-refractivity contribution in [3.05, 3.63) is 58.2 Å². The van der Waals surface area contributed by atoms with Crippen molar-refractivity contribution in [2.75, 3.05) is 0 Å². The summed E-state index contributed by atoms with van der Waals surface area (Å²) in [6, 6.07) is 12.2. The van der Waals surface area contributed by atoms with E-state index in [9.17, 15) is 0 Å². The summed E-state index contributed by atoms with van der Waals surface area (Å²) in [5, 5.41) is 0.679. The molecule has 0 radical (unpaired) electrons. The van der Waals surface area contributed by atoms with Crippen LogP contribution >= 0.6 is 11.6 Å². The Hall–Kier alpha value is -1.87. The average Bonchev–Trinajstić information content (AvgIpc) is 2.43. The van der Waals surface area contributed by atoms with Gasteiger partial charge in [0.2, 0.25) is 0 Å². The van der Waals surface area contributed by atoms with Gasteiger partial charge in [0.25, 0.3) is 0 Å². The van der Waals surface area contributed by atoms with Crippen molar-refractivity contribution in [1.29, 1.82) is 0 Å². The predicted molar refractivity (Wildman–Crippen MR) is 80.2 cm³/mol. The van der Waals surface area contributed by atoms with Gasteiger partial charge < -0.3 is 5.73 Å². The highest BCUT2D eigenvalue weighted by Crippen LogP contribution is 2.25. The highest BCUT2D eigenvalue weighted by molar-refractivity contribution is 6.31. The highest BCUT2D eigenvalue weighted by atomic mass is 35.5. The van der Waals surface area contributed by atoms with Crippen LogP contribution in [0.5, 0.6) is 0 Å². The van der Waals surface area contributed by atoms with Gasteiger partial charge in [-0.1, -0.05) is 41.9 Å². The Bertz CT molecular complexity index is 579. The Morgan fingerprint density at radius 1 is 1.26 bits per heavy atom. The van der Waals surface area contributed by atoms with Crippen molar-refractivity contribution in [2.45, 2.75) is 19.8 Å². The molecule has 1 heterocycles. The first-order chi connectivity index (χ1) is 9.20. The lowest BCUT2D eigenvalue weighted by molar-refractivity contribution is 0.911. The molecular weight excluding hydrogens is 258 g/mol. The van der Waals surface area contributed by atoms with E-state index in [4.69, 9.17) is 17.3 Å². The molecule has 98 valence electrons. The summed E-state index contributed by atoms with van der Waals surface area (Å²) >= 11 is 6.18. The summed E-state index contributed by atoms with van der Waals surface area (Å²) in [5.41, 5.74) is 8.39. The number of nitrogens with two attached hydrogens (primary N) is 1. The van der Waals surface area contributed by atoms with Gasteiger partial charge in [0.15, 0.2) is 5.82 Å². The van der Waals surface area contributed by atoms with Crippen LogP contribution in [0.4, 0.5) is 5.82 Å². The number of rotatable bonds is 4. The van der Waals surface area contributed by atoms with Gasteiger partial charge in [0.1, 0.15) is 0 Å². The summed E-state index contributed by atoms with van der Waals surface area (Å²) in [6.45, 7) is 1.89. The molecule has 4 heteroatoms. The van der Waals surface area contributed by atoms with E-state index in [1.807, 2.05) is 31.2 Å². The van der Waals surface area contributed by atoms with Crippen molar-refractivity contribution >= 4 is 23.8 Å². The third-order valence-corrected chi connectivity index (χ3v) is 3.34. The Kier molecular flexibility index (Phi) is 4.53. The monoisotopic (exact) mass is 273 g/mol. The molecule has 0 aliphatic carbocycles. The fraction of sp³-hybridized carbons (Fsp3) is 0.200. The largest absolute Gasteiger partial charge is 0.390 e. The molecule has 0 atom stereocenters. The topological polar surface area (TPSA) is 51.3 Å². The van der Waals surface area contributed by atoms with E-state index in [0.29, 0.717) is 10.8 Å². The van der Waals surface area contributed by atoms with Crippen LogP contribution < -0.4 is 5.73 Å². The van der Waals surface area contributed by atoms with Gasteiger partial charge in [-0.15, -0.1) is 0 Å². The lowest BCUT2D eigenvalue weighted by Crippen LogP contribution is -1.97. The number of hydrogen-bond donors (Lipinski definition) is 1. The van der Waals surface area contributed by atoms with Gasteiger partial charge in [0, 0.05) is 16.3 Å². The van der Waals surface area contributed by atoms with Crippen molar-refractivity contribution in [2.24, 2.45) is 10.7 Å². The molecule has 2 rings (SSSR count). The van der Waals surface area contributed by atoms with Crippen LogP contribution in [-0.4, -0.2) is 11.3 Å². The molecule has 0 unspecified atom stereocenters. The molecule has 0 saturated heterocycles. The number of hydrogen-bond acceptors (Lipinski definition) is 2. The summed E-state index contributed by atoms with van der Waals surface area (Å²) in [4.78, 5) is 8.52. The van der Waals surface area contributed by atoms with Crippen LogP contribution in [0.25, 0.3) is 0 Å². The smallest absolute Gasteiger partial charge is 0.158 e. The molecule has 0 amide bonds. The maximum absolute atomic E-state index is 6.18. The number of aryl methyl sites for hydroxylation is 2. The van der Waals surface area contributed by atoms with Crippen LogP contribution in [0.15, 0.2) is 41.4 Å². The third-order valence-electron chi connectivity index (χ3n) is 2.95. The molecule has 0 fully saturated rings. The number of aromatic nitrogens is 1. The Balaban J connectivity index is 2.17. The van der Waals surface area contributed by atoms with Gasteiger partial charge in [-0.3, -0.25) is 0 Å². The van der Waals surface area contributed by atoms with Gasteiger partial charge in [-0.05, 0) is 31.4 Å². The second kappa shape index (κ2) is 6.34. The SMILES string of the molecule is Cc1c(Cl)cc(CCc2ccccc2)nc1N=CN. The predicted octanol–water partition coefficient (Wildman–Crippen LogP) is 3.45. The summed E-state index contributed by atoms with van der Waals surface area (Å²) in [7, 11) is 0. The molecule has 1 aromatic heterocycles. The molecule has 0 aliphatic rings. The molecule has 0 saturated carbocycles. The van der Waals surface area contributed by atoms with Crippen molar-refractivity contribution in [3.63, 3.8) is 0 Å². The first kappa shape index (κ1) is 13.6. The number of nitrogens with zero attached hydrogens (tertiary/aromatic N) is 2. The fourth-order valence-corrected chi connectivity index (χ4v) is 2.07. The number of aliphatic imine (C=N–C) groups is 1. The number of pyridine rings is 1. The van der Waals surface area contributed by atoms with E-state index < -0.39 is 0 Å². The van der Waals surface area contributed by atoms with E-state index in [1.165, 1.54) is 11.9 Å². The molecule has 0 bridgehead atoms. The van der Waals surface area contributed by atoms with Gasteiger partial charge in [0.05, 0.1) is 6.34 Å². The Labute approximate surface area is 118 Å². The molecule has 3 nitrogen and oxygen atoms in total. The van der Waals surface area contributed by atoms with Gasteiger partial charge in [-0.2, -0.15) is 0 Å². The Morgan fingerprint density at radius 2 is 2.00 bits per heavy atom. The number of benzene rings is 1. The van der Waals surface area contributed by atoms with Crippen LogP contribution in [0.1, 0.15) is 16.8 Å². The fourth-order valence-electron chi connectivity index (χ4n) is 1.85. The van der Waals surface area contributed by atoms with Crippen LogP contribution in [0, 0.1) is 6.92 Å². The number of halogens is 1. The minimum atomic E-state index is 0.595. The van der Waals surface area contributed by atoms with E-state index in [2.05, 4.69) is 22.1 Å². The van der Waals surface area contributed by atoms with Crippen LogP contribution in [0.2, 0.25) is 5.02 Å². The zero-order chi connectivity index (χ0) is 13.7. The maximum Gasteiger partial charge on any atom is 0.158 e. The van der Waals surface area contributed by atoms with Gasteiger partial charge in [-0.25, -0.2) is 9.98 Å². The standard InChI is InChI=1S/C15H16ClN3/c1-11-14(16)9-13(19-15(11)18-10-17)8-7-12-5-3-2-4-6-12/h2-6,9-10H,7-8H2,1H3,(H2,17,18,19). The molecule has 2 N–H and O–H groups in total. The zero-order valence-corrected chi connectivity index (χ0v) is 11.6. The minimum Gasteiger partial charge on any atom is -0.390 e. The molecule has 0 aliphatic heterocycles. The van der Waals surface area contributed by atoms with E-state index in [0.717, 1.165) is 24.1 Å². The maximum atomic E-state index is 6.18. The average molecular weight is 274 g/mol. The second-order valence-corrected chi connectivity index (χ2v) is 4.71. The Morgan fingerprint density at radius 3 is 2.68 bits per heavy atom. The molecule has 0 spiro atoms. The van der Waals surface area contributed by atoms with Crippen molar-refractivity contribution in [1.82, 2.24) is 4.98 Å². The third kappa shape index (κ3) is 3.55. The first-order valence-electron chi connectivity index (χ1n) is 6.15. The minimum absolute atomic E-state index is 0.595. The lowest BCUT2D eigenvalue weighted by Gasteiger charge is -2.07. The summed E-state index contributed by atoms with van der Waals surface area (Å²) < 4.78 is 0. The van der Waals surface area contributed by atoms with Gasteiger partial charge >= 0.3 is 0 Å². The van der Waals surface area contributed by atoms with Crippen LogP contribution in [0.3, 0.4) is 0 Å². The summed E-state index contributed by atoms with van der Waals surface area (Å²) in [5.74, 6) is 0.595. The van der Waals surface area contributed by atoms with E-state index in [1.54, 1.807) is 0 Å². The quantitative estimate of drug-likeness (QED) is 0.685. The van der Waals surface area contributed by atoms with E-state index >= 15 is 0 Å². The first-order valence-corrected chi connectivity index (χ1v) is 6.52. The second-order valence-electron chi connectivity index (χ2n) is 4.31. The van der Waals surface area contributed by atoms with E-state index in [-0.39, 0.29) is 0 Å². The zero-order valence-electron chi connectivity index (χ0n) is 10.8. The normalized spacial score (nSPS) is 11.1. The lowest BCUT2D eigenvalue weighted by atomic mass is 10.1. The molecule has 19 heavy (non-hydrogen) atoms. The van der Waals surface area contributed by atoms with Crippen LogP contribution in [-0.2, 0) is 12.8 Å². The van der Waals surface area contributed by atoms with Crippen molar-refractivity contribution in [3.8, 4) is 0 Å². The van der Waals surface area contributed by atoms with Crippen molar-refractivity contribution < 1.29 is 0 Å². The molecule has 1 aromatic carbocycles.